The fraction of sp³-hybridized carbons (Fsp3) is 0.381. The molecule has 5 heteroatoms. The highest BCUT2D eigenvalue weighted by Crippen LogP contribution is 2.39. The van der Waals surface area contributed by atoms with Gasteiger partial charge in [0.15, 0.2) is 0 Å². The molecule has 0 radical (unpaired) electrons. The standard InChI is InChI=1S/C21H25NO4/c1-24-17-10-11-20(25-2)18(13-17)19-5-4-12-22(19)14-15-6-8-16(9-7-15)21(23)26-3/h6-11,13,19H,4-5,12,14H2,1-3H3/t19-/m0/s1. The van der Waals surface area contributed by atoms with Gasteiger partial charge in [0.25, 0.3) is 0 Å². The van der Waals surface area contributed by atoms with Crippen molar-refractivity contribution in [2.45, 2.75) is 25.4 Å². The minimum absolute atomic E-state index is 0.292. The molecule has 26 heavy (non-hydrogen) atoms. The number of carbonyl (C=O) groups excluding carboxylic acids is 1. The van der Waals surface area contributed by atoms with Crippen molar-refractivity contribution in [3.8, 4) is 11.5 Å². The average Bonchev–Trinajstić information content (AvgIpc) is 3.15. The zero-order valence-corrected chi connectivity index (χ0v) is 15.5. The van der Waals surface area contributed by atoms with E-state index >= 15 is 0 Å². The molecule has 2 aromatic carbocycles. The summed E-state index contributed by atoms with van der Waals surface area (Å²) in [4.78, 5) is 14.0. The van der Waals surface area contributed by atoms with Gasteiger partial charge in [-0.3, -0.25) is 4.90 Å². The number of likely N-dealkylation sites (tertiary alicyclic amines) is 1. The van der Waals surface area contributed by atoms with Crippen LogP contribution in [0.4, 0.5) is 0 Å². The van der Waals surface area contributed by atoms with Gasteiger partial charge in [-0.25, -0.2) is 4.79 Å². The van der Waals surface area contributed by atoms with Crippen LogP contribution in [-0.2, 0) is 11.3 Å². The molecule has 3 rings (SSSR count). The van der Waals surface area contributed by atoms with E-state index < -0.39 is 0 Å². The molecular weight excluding hydrogens is 330 g/mol. The highest BCUT2D eigenvalue weighted by atomic mass is 16.5. The van der Waals surface area contributed by atoms with Crippen molar-refractivity contribution < 1.29 is 19.0 Å². The number of esters is 1. The summed E-state index contributed by atoms with van der Waals surface area (Å²) in [7, 11) is 4.78. The summed E-state index contributed by atoms with van der Waals surface area (Å²) in [6.45, 7) is 1.86. The summed E-state index contributed by atoms with van der Waals surface area (Å²) in [5, 5.41) is 0. The summed E-state index contributed by atoms with van der Waals surface area (Å²) in [5.41, 5.74) is 2.91. The molecule has 0 N–H and O–H groups in total. The Morgan fingerprint density at radius 3 is 2.50 bits per heavy atom. The Labute approximate surface area is 154 Å². The van der Waals surface area contributed by atoms with E-state index in [4.69, 9.17) is 14.2 Å². The van der Waals surface area contributed by atoms with Gasteiger partial charge in [-0.2, -0.15) is 0 Å². The van der Waals surface area contributed by atoms with Crippen LogP contribution in [-0.4, -0.2) is 38.7 Å². The highest BCUT2D eigenvalue weighted by molar-refractivity contribution is 5.89. The lowest BCUT2D eigenvalue weighted by Crippen LogP contribution is -2.23. The SMILES string of the molecule is COC(=O)c1ccc(CN2CCC[C@H]2c2cc(OC)ccc2OC)cc1. The zero-order valence-electron chi connectivity index (χ0n) is 15.5. The molecule has 0 bridgehead atoms. The van der Waals surface area contributed by atoms with Gasteiger partial charge in [0.05, 0.1) is 26.9 Å². The van der Waals surface area contributed by atoms with Gasteiger partial charge >= 0.3 is 5.97 Å². The number of hydrogen-bond acceptors (Lipinski definition) is 5. The van der Waals surface area contributed by atoms with Gasteiger partial charge in [-0.1, -0.05) is 12.1 Å². The van der Waals surface area contributed by atoms with Crippen LogP contribution in [0.25, 0.3) is 0 Å². The van der Waals surface area contributed by atoms with Crippen LogP contribution >= 0.6 is 0 Å². The van der Waals surface area contributed by atoms with E-state index in [9.17, 15) is 4.79 Å². The topological polar surface area (TPSA) is 48.0 Å². The Bertz CT molecular complexity index is 757. The first-order valence-corrected chi connectivity index (χ1v) is 8.79. The Kier molecular flexibility index (Phi) is 5.78. The molecule has 1 fully saturated rings. The smallest absolute Gasteiger partial charge is 0.337 e. The molecule has 1 saturated heterocycles. The molecule has 0 amide bonds. The van der Waals surface area contributed by atoms with E-state index in [2.05, 4.69) is 11.0 Å². The maximum atomic E-state index is 11.6. The van der Waals surface area contributed by atoms with E-state index in [1.807, 2.05) is 36.4 Å². The average molecular weight is 355 g/mol. The number of carbonyl (C=O) groups is 1. The van der Waals surface area contributed by atoms with Crippen molar-refractivity contribution in [3.63, 3.8) is 0 Å². The first-order chi connectivity index (χ1) is 12.7. The first-order valence-electron chi connectivity index (χ1n) is 8.79. The van der Waals surface area contributed by atoms with Crippen LogP contribution in [0.15, 0.2) is 42.5 Å². The molecule has 138 valence electrons. The Balaban J connectivity index is 1.79. The minimum atomic E-state index is -0.309. The molecular formula is C21H25NO4. The van der Waals surface area contributed by atoms with Crippen molar-refractivity contribution in [1.29, 1.82) is 0 Å². The maximum absolute atomic E-state index is 11.6. The van der Waals surface area contributed by atoms with Gasteiger partial charge < -0.3 is 14.2 Å². The fourth-order valence-electron chi connectivity index (χ4n) is 3.57. The monoisotopic (exact) mass is 355 g/mol. The molecule has 2 aromatic rings. The quantitative estimate of drug-likeness (QED) is 0.737. The lowest BCUT2D eigenvalue weighted by atomic mass is 10.0. The second-order valence-electron chi connectivity index (χ2n) is 6.42. The summed E-state index contributed by atoms with van der Waals surface area (Å²) < 4.78 is 15.7. The van der Waals surface area contributed by atoms with Gasteiger partial charge in [-0.05, 0) is 55.3 Å². The number of hydrogen-bond donors (Lipinski definition) is 0. The van der Waals surface area contributed by atoms with Crippen molar-refractivity contribution in [3.05, 3.63) is 59.2 Å². The van der Waals surface area contributed by atoms with Crippen LogP contribution in [0.5, 0.6) is 11.5 Å². The molecule has 5 nitrogen and oxygen atoms in total. The van der Waals surface area contributed by atoms with Crippen LogP contribution < -0.4 is 9.47 Å². The van der Waals surface area contributed by atoms with Gasteiger partial charge in [0.2, 0.25) is 0 Å². The zero-order chi connectivity index (χ0) is 18.5. The number of ether oxygens (including phenoxy) is 3. The molecule has 0 unspecified atom stereocenters. The largest absolute Gasteiger partial charge is 0.497 e. The van der Waals surface area contributed by atoms with E-state index in [0.717, 1.165) is 43.0 Å². The lowest BCUT2D eigenvalue weighted by molar-refractivity contribution is 0.0600. The second kappa shape index (κ2) is 8.23. The van der Waals surface area contributed by atoms with E-state index in [1.54, 1.807) is 14.2 Å². The third kappa shape index (κ3) is 3.83. The van der Waals surface area contributed by atoms with Gasteiger partial charge in [0, 0.05) is 18.2 Å². The predicted molar refractivity (Wildman–Crippen MR) is 99.7 cm³/mol. The Morgan fingerprint density at radius 2 is 1.85 bits per heavy atom. The maximum Gasteiger partial charge on any atom is 0.337 e. The van der Waals surface area contributed by atoms with Crippen molar-refractivity contribution in [1.82, 2.24) is 4.90 Å². The van der Waals surface area contributed by atoms with E-state index in [0.29, 0.717) is 11.6 Å². The summed E-state index contributed by atoms with van der Waals surface area (Å²) >= 11 is 0. The third-order valence-electron chi connectivity index (χ3n) is 4.92. The van der Waals surface area contributed by atoms with Gasteiger partial charge in [-0.15, -0.1) is 0 Å². The molecule has 0 aliphatic carbocycles. The Hall–Kier alpha value is -2.53. The van der Waals surface area contributed by atoms with E-state index in [-0.39, 0.29) is 5.97 Å². The summed E-state index contributed by atoms with van der Waals surface area (Å²) in [6.07, 6.45) is 2.23. The molecule has 1 heterocycles. The number of benzene rings is 2. The van der Waals surface area contributed by atoms with Crippen molar-refractivity contribution in [2.24, 2.45) is 0 Å². The molecule has 1 aliphatic rings. The minimum Gasteiger partial charge on any atom is -0.497 e. The lowest BCUT2D eigenvalue weighted by Gasteiger charge is -2.26. The van der Waals surface area contributed by atoms with Crippen LogP contribution in [0.3, 0.4) is 0 Å². The van der Waals surface area contributed by atoms with Crippen LogP contribution in [0.2, 0.25) is 0 Å². The summed E-state index contributed by atoms with van der Waals surface area (Å²) in [6, 6.07) is 13.9. The molecule has 0 spiro atoms. The molecule has 0 aromatic heterocycles. The second-order valence-corrected chi connectivity index (χ2v) is 6.42. The fourth-order valence-corrected chi connectivity index (χ4v) is 3.57. The van der Waals surface area contributed by atoms with Gasteiger partial charge in [0.1, 0.15) is 11.5 Å². The highest BCUT2D eigenvalue weighted by Gasteiger charge is 2.28. The summed E-state index contributed by atoms with van der Waals surface area (Å²) in [5.74, 6) is 1.43. The molecule has 1 aliphatic heterocycles. The third-order valence-corrected chi connectivity index (χ3v) is 4.92. The van der Waals surface area contributed by atoms with Crippen molar-refractivity contribution >= 4 is 5.97 Å². The first kappa shape index (κ1) is 18.3. The number of rotatable bonds is 6. The molecule has 0 saturated carbocycles. The number of nitrogens with zero attached hydrogens (tertiary/aromatic N) is 1. The van der Waals surface area contributed by atoms with Crippen molar-refractivity contribution in [2.75, 3.05) is 27.9 Å². The number of methoxy groups -OCH3 is 3. The van der Waals surface area contributed by atoms with Crippen LogP contribution in [0, 0.1) is 0 Å². The predicted octanol–water partition coefficient (Wildman–Crippen LogP) is 3.83. The van der Waals surface area contributed by atoms with E-state index in [1.165, 1.54) is 12.7 Å². The molecule has 1 atom stereocenters. The Morgan fingerprint density at radius 1 is 1.08 bits per heavy atom. The van der Waals surface area contributed by atoms with Crippen LogP contribution in [0.1, 0.15) is 40.4 Å². The normalized spacial score (nSPS) is 17.1.